The number of methoxy groups -OCH3 is 4. The largest absolute Gasteiger partial charge is 0.495 e. The Morgan fingerprint density at radius 2 is 1.40 bits per heavy atom. The summed E-state index contributed by atoms with van der Waals surface area (Å²) in [5.41, 5.74) is 0.794. The van der Waals surface area contributed by atoms with E-state index in [0.717, 1.165) is 56.9 Å². The average Bonchev–Trinajstić information content (AvgIpc) is 3.02. The lowest BCUT2D eigenvalue weighted by atomic mass is 9.49. The second-order valence-corrected chi connectivity index (χ2v) is 12.9. The minimum absolute atomic E-state index is 0.0160. The Hall–Kier alpha value is -3.33. The van der Waals surface area contributed by atoms with Crippen molar-refractivity contribution < 1.29 is 33.2 Å². The fourth-order valence-corrected chi connectivity index (χ4v) is 8.44. The quantitative estimate of drug-likeness (QED) is 0.314. The lowest BCUT2D eigenvalue weighted by Gasteiger charge is -2.55. The van der Waals surface area contributed by atoms with E-state index in [1.807, 2.05) is 18.2 Å². The van der Waals surface area contributed by atoms with Crippen molar-refractivity contribution in [2.45, 2.75) is 44.6 Å². The third kappa shape index (κ3) is 6.19. The number of benzene rings is 2. The molecule has 4 saturated carbocycles. The molecule has 0 spiro atoms. The van der Waals surface area contributed by atoms with Crippen LogP contribution in [-0.2, 0) is 9.53 Å². The predicted octanol–water partition coefficient (Wildman–Crippen LogP) is 5.05. The van der Waals surface area contributed by atoms with Crippen LogP contribution in [0.15, 0.2) is 36.4 Å². The van der Waals surface area contributed by atoms with Gasteiger partial charge in [-0.3, -0.25) is 9.69 Å². The number of hydrogen-bond donors (Lipinski definition) is 0. The zero-order chi connectivity index (χ0) is 30.0. The van der Waals surface area contributed by atoms with Crippen LogP contribution in [0.25, 0.3) is 0 Å². The highest BCUT2D eigenvalue weighted by Crippen LogP contribution is 2.60. The molecule has 9 nitrogen and oxygen atoms in total. The van der Waals surface area contributed by atoms with Crippen LogP contribution in [0.2, 0.25) is 0 Å². The van der Waals surface area contributed by atoms with Crippen molar-refractivity contribution in [2.75, 3.05) is 72.7 Å². The van der Waals surface area contributed by atoms with Crippen molar-refractivity contribution in [2.24, 2.45) is 23.2 Å². The predicted molar refractivity (Wildman–Crippen MR) is 164 cm³/mol. The molecule has 7 rings (SSSR count). The standard InChI is InChI=1S/C34H46N2O7/c1-38-29-8-6-5-7-28(29)36-11-9-35(10-12-36)21-27(22-42-26-16-30(39-2)32(41-4)31(17-26)40-3)43-33(37)34-18-23-13-24(19-34)15-25(14-23)20-34/h5-8,16-17,23-25,27H,9-15,18-22H2,1-4H3. The highest BCUT2D eigenvalue weighted by molar-refractivity contribution is 5.77. The maximum Gasteiger partial charge on any atom is 0.312 e. The van der Waals surface area contributed by atoms with Crippen molar-refractivity contribution in [3.05, 3.63) is 36.4 Å². The maximum absolute atomic E-state index is 14.0. The normalized spacial score (nSPS) is 27.0. The first-order valence-electron chi connectivity index (χ1n) is 15.7. The van der Waals surface area contributed by atoms with Gasteiger partial charge in [-0.05, 0) is 68.4 Å². The summed E-state index contributed by atoms with van der Waals surface area (Å²) < 4.78 is 34.8. The number of ether oxygens (including phenoxy) is 6. The number of piperazine rings is 1. The van der Waals surface area contributed by atoms with E-state index in [1.165, 1.54) is 19.3 Å². The van der Waals surface area contributed by atoms with Gasteiger partial charge in [-0.2, -0.15) is 0 Å². The van der Waals surface area contributed by atoms with Gasteiger partial charge < -0.3 is 33.3 Å². The van der Waals surface area contributed by atoms with Gasteiger partial charge in [0.15, 0.2) is 11.5 Å². The Labute approximate surface area is 255 Å². The lowest BCUT2D eigenvalue weighted by molar-refractivity contribution is -0.179. The molecule has 4 aliphatic carbocycles. The second-order valence-electron chi connectivity index (χ2n) is 12.9. The summed E-state index contributed by atoms with van der Waals surface area (Å²) in [6.07, 6.45) is 6.41. The van der Waals surface area contributed by atoms with Gasteiger partial charge in [-0.25, -0.2) is 0 Å². The van der Waals surface area contributed by atoms with E-state index >= 15 is 0 Å². The van der Waals surface area contributed by atoms with Crippen LogP contribution in [0.1, 0.15) is 38.5 Å². The summed E-state index contributed by atoms with van der Waals surface area (Å²) in [6, 6.07) is 11.7. The number of esters is 1. The topological polar surface area (TPSA) is 78.9 Å². The van der Waals surface area contributed by atoms with Crippen LogP contribution in [0.4, 0.5) is 5.69 Å². The molecule has 43 heavy (non-hydrogen) atoms. The van der Waals surface area contributed by atoms with E-state index in [4.69, 9.17) is 28.4 Å². The molecule has 0 amide bonds. The number of para-hydroxylation sites is 2. The van der Waals surface area contributed by atoms with E-state index in [-0.39, 0.29) is 18.0 Å². The number of anilines is 1. The van der Waals surface area contributed by atoms with Gasteiger partial charge >= 0.3 is 5.97 Å². The molecule has 1 aliphatic heterocycles. The van der Waals surface area contributed by atoms with Gasteiger partial charge in [0, 0.05) is 44.9 Å². The molecule has 5 aliphatic rings. The Balaban J connectivity index is 1.16. The van der Waals surface area contributed by atoms with E-state index in [1.54, 1.807) is 40.6 Å². The fourth-order valence-electron chi connectivity index (χ4n) is 8.44. The first kappa shape index (κ1) is 29.7. The van der Waals surface area contributed by atoms with Crippen LogP contribution in [0.5, 0.6) is 28.7 Å². The number of rotatable bonds is 12. The summed E-state index contributed by atoms with van der Waals surface area (Å²) in [5, 5.41) is 0. The summed E-state index contributed by atoms with van der Waals surface area (Å²) in [4.78, 5) is 18.7. The third-order valence-electron chi connectivity index (χ3n) is 10.1. The van der Waals surface area contributed by atoms with Crippen molar-refractivity contribution in [1.29, 1.82) is 0 Å². The smallest absolute Gasteiger partial charge is 0.312 e. The SMILES string of the molecule is COc1ccccc1N1CCN(CC(COc2cc(OC)c(OC)c(OC)c2)OC(=O)C23CC4CC(CC(C4)C2)C3)CC1. The lowest BCUT2D eigenvalue weighted by Crippen LogP contribution is -2.53. The van der Waals surface area contributed by atoms with Crippen LogP contribution in [-0.4, -0.2) is 84.7 Å². The Morgan fingerprint density at radius 3 is 1.95 bits per heavy atom. The molecule has 1 saturated heterocycles. The summed E-state index contributed by atoms with van der Waals surface area (Å²) in [7, 11) is 6.46. The van der Waals surface area contributed by atoms with Gasteiger partial charge in [0.1, 0.15) is 24.2 Å². The average molecular weight is 595 g/mol. The van der Waals surface area contributed by atoms with Crippen molar-refractivity contribution in [3.8, 4) is 28.7 Å². The summed E-state index contributed by atoms with van der Waals surface area (Å²) in [5.74, 6) is 5.02. The van der Waals surface area contributed by atoms with Gasteiger partial charge in [0.2, 0.25) is 5.75 Å². The fraction of sp³-hybridized carbons (Fsp3) is 0.618. The maximum atomic E-state index is 14.0. The summed E-state index contributed by atoms with van der Waals surface area (Å²) >= 11 is 0. The molecule has 2 aromatic rings. The highest BCUT2D eigenvalue weighted by Gasteiger charge is 2.56. The second kappa shape index (κ2) is 12.7. The minimum atomic E-state index is -0.405. The van der Waals surface area contributed by atoms with E-state index in [9.17, 15) is 4.79 Å². The molecule has 2 aromatic carbocycles. The molecular weight excluding hydrogens is 548 g/mol. The molecule has 1 unspecified atom stereocenters. The van der Waals surface area contributed by atoms with E-state index in [0.29, 0.717) is 47.3 Å². The van der Waals surface area contributed by atoms with Gasteiger partial charge in [0.05, 0.1) is 39.5 Å². The highest BCUT2D eigenvalue weighted by atomic mass is 16.6. The molecule has 4 bridgehead atoms. The number of hydrogen-bond acceptors (Lipinski definition) is 9. The minimum Gasteiger partial charge on any atom is -0.495 e. The van der Waals surface area contributed by atoms with Crippen LogP contribution in [0.3, 0.4) is 0 Å². The Morgan fingerprint density at radius 1 is 0.814 bits per heavy atom. The number of carbonyl (C=O) groups excluding carboxylic acids is 1. The first-order chi connectivity index (χ1) is 20.9. The molecule has 1 heterocycles. The van der Waals surface area contributed by atoms with Crippen LogP contribution < -0.4 is 28.6 Å². The van der Waals surface area contributed by atoms with E-state index < -0.39 is 6.10 Å². The van der Waals surface area contributed by atoms with E-state index in [2.05, 4.69) is 15.9 Å². The number of carbonyl (C=O) groups is 1. The van der Waals surface area contributed by atoms with Crippen molar-refractivity contribution in [3.63, 3.8) is 0 Å². The molecule has 5 fully saturated rings. The van der Waals surface area contributed by atoms with Crippen LogP contribution in [0, 0.1) is 23.2 Å². The third-order valence-corrected chi connectivity index (χ3v) is 10.1. The summed E-state index contributed by atoms with van der Waals surface area (Å²) in [6.45, 7) is 4.29. The monoisotopic (exact) mass is 594 g/mol. The molecule has 0 radical (unpaired) electrons. The van der Waals surface area contributed by atoms with Crippen molar-refractivity contribution in [1.82, 2.24) is 4.90 Å². The van der Waals surface area contributed by atoms with Gasteiger partial charge in [-0.15, -0.1) is 0 Å². The molecular formula is C34H46N2O7. The Kier molecular flexibility index (Phi) is 8.80. The van der Waals surface area contributed by atoms with Gasteiger partial charge in [0.25, 0.3) is 0 Å². The zero-order valence-electron chi connectivity index (χ0n) is 26.0. The zero-order valence-corrected chi connectivity index (χ0v) is 26.0. The number of nitrogens with zero attached hydrogens (tertiary/aromatic N) is 2. The molecule has 0 N–H and O–H groups in total. The first-order valence-corrected chi connectivity index (χ1v) is 15.7. The Bertz CT molecular complexity index is 1210. The molecule has 9 heteroatoms. The molecule has 0 aromatic heterocycles. The van der Waals surface area contributed by atoms with Crippen LogP contribution >= 0.6 is 0 Å². The van der Waals surface area contributed by atoms with Crippen molar-refractivity contribution >= 4 is 11.7 Å². The van der Waals surface area contributed by atoms with Gasteiger partial charge in [-0.1, -0.05) is 12.1 Å². The molecule has 234 valence electrons. The molecule has 1 atom stereocenters.